The quantitative estimate of drug-likeness (QED) is 0.807. The van der Waals surface area contributed by atoms with Gasteiger partial charge in [0.25, 0.3) is 5.91 Å². The van der Waals surface area contributed by atoms with E-state index in [4.69, 9.17) is 0 Å². The van der Waals surface area contributed by atoms with Gasteiger partial charge in [-0.25, -0.2) is 9.97 Å². The first-order chi connectivity index (χ1) is 13.7. The van der Waals surface area contributed by atoms with E-state index in [9.17, 15) is 9.59 Å². The van der Waals surface area contributed by atoms with Crippen molar-refractivity contribution in [2.75, 3.05) is 36.4 Å². The summed E-state index contributed by atoms with van der Waals surface area (Å²) in [5.74, 6) is 0.996. The standard InChI is InChI=1S/C19H22N6O2S/c26-17-7-21-18-16(25(17)8-14-10-28-11-22-14)5-13(6-20-18)19(27)23-15-9-24-3-1-12(15)2-4-24/h5-6,10-12,15H,1-4,7-9H2,(H,20,21)(H,23,27). The van der Waals surface area contributed by atoms with Crippen molar-refractivity contribution in [3.63, 3.8) is 0 Å². The molecule has 0 aliphatic carbocycles. The monoisotopic (exact) mass is 398 g/mol. The van der Waals surface area contributed by atoms with Gasteiger partial charge >= 0.3 is 0 Å². The van der Waals surface area contributed by atoms with E-state index in [2.05, 4.69) is 25.5 Å². The Morgan fingerprint density at radius 1 is 1.32 bits per heavy atom. The average Bonchev–Trinajstić information content (AvgIpc) is 3.24. The summed E-state index contributed by atoms with van der Waals surface area (Å²) in [5.41, 5.74) is 3.69. The second-order valence-corrected chi connectivity index (χ2v) is 8.34. The molecule has 2 aromatic rings. The molecule has 4 aliphatic rings. The number of aromatic nitrogens is 2. The summed E-state index contributed by atoms with van der Waals surface area (Å²) in [7, 11) is 0. The molecule has 8 nitrogen and oxygen atoms in total. The number of rotatable bonds is 4. The molecule has 6 heterocycles. The molecule has 0 aromatic carbocycles. The zero-order valence-electron chi connectivity index (χ0n) is 15.4. The van der Waals surface area contributed by atoms with E-state index in [0.717, 1.165) is 38.2 Å². The summed E-state index contributed by atoms with van der Waals surface area (Å²) in [6.07, 6.45) is 3.87. The molecule has 6 rings (SSSR count). The highest BCUT2D eigenvalue weighted by atomic mass is 32.1. The highest BCUT2D eigenvalue weighted by Gasteiger charge is 2.35. The smallest absolute Gasteiger partial charge is 0.253 e. The molecule has 2 N–H and O–H groups in total. The van der Waals surface area contributed by atoms with E-state index in [1.807, 2.05) is 5.38 Å². The van der Waals surface area contributed by atoms with Crippen molar-refractivity contribution >= 4 is 34.7 Å². The molecule has 1 unspecified atom stereocenters. The number of hydrogen-bond acceptors (Lipinski definition) is 7. The zero-order valence-corrected chi connectivity index (χ0v) is 16.2. The van der Waals surface area contributed by atoms with Crippen LogP contribution in [0, 0.1) is 5.92 Å². The minimum absolute atomic E-state index is 0.0581. The van der Waals surface area contributed by atoms with E-state index < -0.39 is 0 Å². The van der Waals surface area contributed by atoms with Crippen LogP contribution < -0.4 is 15.5 Å². The molecule has 3 saturated heterocycles. The molecule has 4 aliphatic heterocycles. The first kappa shape index (κ1) is 17.6. The van der Waals surface area contributed by atoms with E-state index in [1.165, 1.54) is 11.3 Å². The number of carbonyl (C=O) groups is 2. The molecule has 28 heavy (non-hydrogen) atoms. The zero-order chi connectivity index (χ0) is 19.1. The van der Waals surface area contributed by atoms with E-state index in [1.54, 1.807) is 22.7 Å². The Labute approximate surface area is 167 Å². The molecule has 9 heteroatoms. The highest BCUT2D eigenvalue weighted by Crippen LogP contribution is 2.31. The number of nitrogens with one attached hydrogen (secondary N) is 2. The lowest BCUT2D eigenvalue weighted by atomic mass is 9.84. The molecular formula is C19H22N6O2S. The Balaban J connectivity index is 1.37. The third-order valence-electron chi connectivity index (χ3n) is 5.90. The SMILES string of the molecule is O=C(NC1CN2CCC1CC2)c1cnc2c(c1)N(Cc1cscn1)C(=O)CN2. The Bertz CT molecular complexity index is 894. The highest BCUT2D eigenvalue weighted by molar-refractivity contribution is 7.07. The van der Waals surface area contributed by atoms with Crippen LogP contribution in [0.3, 0.4) is 0 Å². The number of nitrogens with zero attached hydrogens (tertiary/aromatic N) is 4. The van der Waals surface area contributed by atoms with Crippen LogP contribution in [0.25, 0.3) is 0 Å². The third kappa shape index (κ3) is 3.24. The van der Waals surface area contributed by atoms with Crippen LogP contribution in [0.4, 0.5) is 11.5 Å². The molecule has 0 spiro atoms. The lowest BCUT2D eigenvalue weighted by Crippen LogP contribution is -2.57. The van der Waals surface area contributed by atoms with Crippen LogP contribution in [0.15, 0.2) is 23.2 Å². The molecule has 2 aromatic heterocycles. The topological polar surface area (TPSA) is 90.5 Å². The molecular weight excluding hydrogens is 376 g/mol. The number of thiazole rings is 1. The van der Waals surface area contributed by atoms with Crippen molar-refractivity contribution in [2.24, 2.45) is 5.92 Å². The van der Waals surface area contributed by atoms with Gasteiger partial charge in [-0.2, -0.15) is 0 Å². The molecule has 0 saturated carbocycles. The van der Waals surface area contributed by atoms with Crippen molar-refractivity contribution in [1.29, 1.82) is 0 Å². The first-order valence-electron chi connectivity index (χ1n) is 9.62. The van der Waals surface area contributed by atoms with Gasteiger partial charge in [0, 0.05) is 24.2 Å². The number of carbonyl (C=O) groups excluding carboxylic acids is 2. The van der Waals surface area contributed by atoms with Gasteiger partial charge in [-0.1, -0.05) is 0 Å². The summed E-state index contributed by atoms with van der Waals surface area (Å²) in [6.45, 7) is 3.76. The van der Waals surface area contributed by atoms with Gasteiger partial charge in [0.2, 0.25) is 5.91 Å². The first-order valence-corrected chi connectivity index (χ1v) is 10.6. The fourth-order valence-electron chi connectivity index (χ4n) is 4.34. The van der Waals surface area contributed by atoms with Gasteiger partial charge in [0.1, 0.15) is 0 Å². The van der Waals surface area contributed by atoms with Gasteiger partial charge in [-0.05, 0) is 37.9 Å². The molecule has 2 amide bonds. The van der Waals surface area contributed by atoms with Crippen LogP contribution in [-0.2, 0) is 11.3 Å². The van der Waals surface area contributed by atoms with E-state index >= 15 is 0 Å². The Kier molecular flexibility index (Phi) is 4.48. The van der Waals surface area contributed by atoms with E-state index in [0.29, 0.717) is 29.5 Å². The maximum Gasteiger partial charge on any atom is 0.253 e. The molecule has 146 valence electrons. The Morgan fingerprint density at radius 3 is 2.89 bits per heavy atom. The van der Waals surface area contributed by atoms with E-state index in [-0.39, 0.29) is 24.4 Å². The van der Waals surface area contributed by atoms with Crippen LogP contribution in [-0.4, -0.2) is 58.9 Å². The second kappa shape index (κ2) is 7.14. The minimum Gasteiger partial charge on any atom is -0.359 e. The van der Waals surface area contributed by atoms with Crippen LogP contribution in [0.1, 0.15) is 28.9 Å². The predicted octanol–water partition coefficient (Wildman–Crippen LogP) is 1.32. The number of anilines is 2. The van der Waals surface area contributed by atoms with Crippen LogP contribution in [0.2, 0.25) is 0 Å². The normalized spacial score (nSPS) is 25.9. The minimum atomic E-state index is -0.124. The fraction of sp³-hybridized carbons (Fsp3) is 0.474. The number of fused-ring (bicyclic) bond motifs is 4. The van der Waals surface area contributed by atoms with Crippen molar-refractivity contribution in [3.05, 3.63) is 34.4 Å². The lowest BCUT2D eigenvalue weighted by molar-refractivity contribution is -0.117. The number of piperidine rings is 3. The van der Waals surface area contributed by atoms with Gasteiger partial charge < -0.3 is 20.4 Å². The number of hydrogen-bond donors (Lipinski definition) is 2. The maximum absolute atomic E-state index is 12.9. The van der Waals surface area contributed by atoms with Crippen molar-refractivity contribution < 1.29 is 9.59 Å². The van der Waals surface area contributed by atoms with Gasteiger partial charge in [-0.15, -0.1) is 11.3 Å². The van der Waals surface area contributed by atoms with Crippen LogP contribution in [0.5, 0.6) is 0 Å². The second-order valence-electron chi connectivity index (χ2n) is 7.62. The van der Waals surface area contributed by atoms with Gasteiger partial charge in [0.15, 0.2) is 5.82 Å². The van der Waals surface area contributed by atoms with Crippen LogP contribution >= 0.6 is 11.3 Å². The Hall–Kier alpha value is -2.52. The number of pyridine rings is 1. The fourth-order valence-corrected chi connectivity index (χ4v) is 4.89. The molecule has 3 fully saturated rings. The molecule has 0 radical (unpaired) electrons. The van der Waals surface area contributed by atoms with Crippen molar-refractivity contribution in [1.82, 2.24) is 20.2 Å². The van der Waals surface area contributed by atoms with Crippen molar-refractivity contribution in [3.8, 4) is 0 Å². The van der Waals surface area contributed by atoms with Gasteiger partial charge in [0.05, 0.1) is 35.5 Å². The largest absolute Gasteiger partial charge is 0.359 e. The summed E-state index contributed by atoms with van der Waals surface area (Å²) in [4.78, 5) is 38.1. The Morgan fingerprint density at radius 2 is 2.18 bits per heavy atom. The van der Waals surface area contributed by atoms with Crippen molar-refractivity contribution in [2.45, 2.75) is 25.4 Å². The maximum atomic E-state index is 12.9. The summed E-state index contributed by atoms with van der Waals surface area (Å²) in [5, 5.41) is 8.15. The third-order valence-corrected chi connectivity index (χ3v) is 6.54. The summed E-state index contributed by atoms with van der Waals surface area (Å²) in [6, 6.07) is 1.95. The number of amides is 2. The summed E-state index contributed by atoms with van der Waals surface area (Å²) >= 11 is 1.50. The average molecular weight is 398 g/mol. The molecule has 1 atom stereocenters. The predicted molar refractivity (Wildman–Crippen MR) is 106 cm³/mol. The van der Waals surface area contributed by atoms with Gasteiger partial charge in [-0.3, -0.25) is 9.59 Å². The molecule has 2 bridgehead atoms. The lowest BCUT2D eigenvalue weighted by Gasteiger charge is -2.44. The summed E-state index contributed by atoms with van der Waals surface area (Å²) < 4.78 is 0.